The predicted octanol–water partition coefficient (Wildman–Crippen LogP) is 4.88. The number of amides is 1. The standard InChI is InChI=1S/C29H31N3O3/c1-19(29(33)32-16-15-20-9-4-7-13-26(20)32)30-17-24(22-11-8-14-27(34-2)28(22)35-3)23-18-31-25-12-6-5-10-21(23)25/h4-14,18-19,24,30-31H,15-17H2,1-3H3. The molecule has 2 atom stereocenters. The van der Waals surface area contributed by atoms with Crippen molar-refractivity contribution in [3.8, 4) is 11.5 Å². The van der Waals surface area contributed by atoms with E-state index < -0.39 is 0 Å². The zero-order valence-electron chi connectivity index (χ0n) is 20.4. The molecule has 1 amide bonds. The number of rotatable bonds is 8. The van der Waals surface area contributed by atoms with Crippen molar-refractivity contribution in [3.63, 3.8) is 0 Å². The number of hydrogen-bond donors (Lipinski definition) is 2. The molecule has 4 aromatic rings. The Bertz CT molecular complexity index is 1350. The molecule has 5 rings (SSSR count). The van der Waals surface area contributed by atoms with Crippen LogP contribution in [0.5, 0.6) is 11.5 Å². The summed E-state index contributed by atoms with van der Waals surface area (Å²) in [6, 6.07) is 22.0. The molecule has 0 fully saturated rings. The number of hydrogen-bond acceptors (Lipinski definition) is 4. The molecule has 0 spiro atoms. The number of fused-ring (bicyclic) bond motifs is 2. The van der Waals surface area contributed by atoms with Gasteiger partial charge in [0.25, 0.3) is 0 Å². The minimum absolute atomic E-state index is 0.0580. The van der Waals surface area contributed by atoms with Crippen molar-refractivity contribution in [1.29, 1.82) is 0 Å². The summed E-state index contributed by atoms with van der Waals surface area (Å²) >= 11 is 0. The smallest absolute Gasteiger partial charge is 0.243 e. The lowest BCUT2D eigenvalue weighted by Gasteiger charge is -2.26. The number of nitrogens with one attached hydrogen (secondary N) is 2. The van der Waals surface area contributed by atoms with Crippen molar-refractivity contribution < 1.29 is 14.3 Å². The molecule has 6 nitrogen and oxygen atoms in total. The third-order valence-electron chi connectivity index (χ3n) is 6.96. The van der Waals surface area contributed by atoms with Crippen LogP contribution in [-0.4, -0.2) is 44.2 Å². The molecular formula is C29H31N3O3. The Hall–Kier alpha value is -3.77. The molecule has 2 N–H and O–H groups in total. The molecule has 180 valence electrons. The van der Waals surface area contributed by atoms with E-state index in [1.54, 1.807) is 14.2 Å². The zero-order valence-corrected chi connectivity index (χ0v) is 20.4. The van der Waals surface area contributed by atoms with Gasteiger partial charge in [0.15, 0.2) is 11.5 Å². The average molecular weight is 470 g/mol. The van der Waals surface area contributed by atoms with Crippen LogP contribution in [0.2, 0.25) is 0 Å². The summed E-state index contributed by atoms with van der Waals surface area (Å²) in [5, 5.41) is 4.68. The highest BCUT2D eigenvalue weighted by Gasteiger charge is 2.29. The van der Waals surface area contributed by atoms with Crippen LogP contribution < -0.4 is 19.7 Å². The number of anilines is 1. The Morgan fingerprint density at radius 1 is 1.00 bits per heavy atom. The molecule has 2 heterocycles. The number of carbonyl (C=O) groups excluding carboxylic acids is 1. The Labute approximate surface area is 205 Å². The van der Waals surface area contributed by atoms with E-state index in [9.17, 15) is 4.79 Å². The summed E-state index contributed by atoms with van der Waals surface area (Å²) in [4.78, 5) is 18.7. The van der Waals surface area contributed by atoms with Gasteiger partial charge in [-0.05, 0) is 42.7 Å². The fourth-order valence-corrected chi connectivity index (χ4v) is 5.14. The maximum absolute atomic E-state index is 13.4. The molecule has 1 aromatic heterocycles. The van der Waals surface area contributed by atoms with E-state index in [0.29, 0.717) is 18.0 Å². The van der Waals surface area contributed by atoms with E-state index in [4.69, 9.17) is 9.47 Å². The van der Waals surface area contributed by atoms with Gasteiger partial charge in [-0.3, -0.25) is 4.79 Å². The number of ether oxygens (including phenoxy) is 2. The fraction of sp³-hybridized carbons (Fsp3) is 0.276. The normalized spacial score (nSPS) is 14.5. The highest BCUT2D eigenvalue weighted by atomic mass is 16.5. The molecule has 2 unspecified atom stereocenters. The molecule has 0 aliphatic carbocycles. The molecule has 3 aromatic carbocycles. The van der Waals surface area contributed by atoms with Gasteiger partial charge >= 0.3 is 0 Å². The second-order valence-corrected chi connectivity index (χ2v) is 8.92. The van der Waals surface area contributed by atoms with Crippen LogP contribution in [-0.2, 0) is 11.2 Å². The number of para-hydroxylation sites is 3. The number of aromatic amines is 1. The Morgan fingerprint density at radius 2 is 1.80 bits per heavy atom. The Kier molecular flexibility index (Phi) is 6.47. The highest BCUT2D eigenvalue weighted by Crippen LogP contribution is 2.40. The average Bonchev–Trinajstić information content (AvgIpc) is 3.53. The van der Waals surface area contributed by atoms with Gasteiger partial charge in [0.05, 0.1) is 20.3 Å². The lowest BCUT2D eigenvalue weighted by Crippen LogP contribution is -2.45. The van der Waals surface area contributed by atoms with Crippen molar-refractivity contribution in [3.05, 3.63) is 89.6 Å². The molecule has 35 heavy (non-hydrogen) atoms. The number of benzene rings is 3. The number of aromatic nitrogens is 1. The summed E-state index contributed by atoms with van der Waals surface area (Å²) in [6.07, 6.45) is 2.95. The van der Waals surface area contributed by atoms with E-state index in [2.05, 4.69) is 40.8 Å². The minimum Gasteiger partial charge on any atom is -0.493 e. The summed E-state index contributed by atoms with van der Waals surface area (Å²) in [5.74, 6) is 1.43. The van der Waals surface area contributed by atoms with Gasteiger partial charge in [0.2, 0.25) is 5.91 Å². The molecule has 6 heteroatoms. The van der Waals surface area contributed by atoms with E-state index in [0.717, 1.165) is 40.7 Å². The van der Waals surface area contributed by atoms with Gasteiger partial charge in [0, 0.05) is 47.4 Å². The van der Waals surface area contributed by atoms with Gasteiger partial charge < -0.3 is 24.7 Å². The summed E-state index contributed by atoms with van der Waals surface area (Å²) in [5.41, 5.74) is 5.48. The lowest BCUT2D eigenvalue weighted by atomic mass is 9.89. The fourth-order valence-electron chi connectivity index (χ4n) is 5.14. The van der Waals surface area contributed by atoms with Gasteiger partial charge in [-0.2, -0.15) is 0 Å². The molecule has 0 bridgehead atoms. The number of H-pyrrole nitrogens is 1. The van der Waals surface area contributed by atoms with E-state index in [-0.39, 0.29) is 17.9 Å². The maximum atomic E-state index is 13.4. The van der Waals surface area contributed by atoms with Crippen LogP contribution in [0.1, 0.15) is 29.5 Å². The molecule has 1 aliphatic heterocycles. The van der Waals surface area contributed by atoms with Crippen molar-refractivity contribution in [2.75, 3.05) is 32.2 Å². The van der Waals surface area contributed by atoms with Gasteiger partial charge in [-0.1, -0.05) is 48.5 Å². The summed E-state index contributed by atoms with van der Waals surface area (Å²) in [6.45, 7) is 3.23. The molecule has 0 saturated carbocycles. The van der Waals surface area contributed by atoms with E-state index >= 15 is 0 Å². The molecule has 0 radical (unpaired) electrons. The Morgan fingerprint density at radius 3 is 2.63 bits per heavy atom. The van der Waals surface area contributed by atoms with Crippen LogP contribution >= 0.6 is 0 Å². The summed E-state index contributed by atoms with van der Waals surface area (Å²) in [7, 11) is 3.31. The first-order valence-electron chi connectivity index (χ1n) is 12.0. The van der Waals surface area contributed by atoms with Crippen molar-refractivity contribution in [2.24, 2.45) is 0 Å². The number of methoxy groups -OCH3 is 2. The number of nitrogens with zero attached hydrogens (tertiary/aromatic N) is 1. The zero-order chi connectivity index (χ0) is 24.4. The minimum atomic E-state index is -0.342. The monoisotopic (exact) mass is 469 g/mol. The van der Waals surface area contributed by atoms with Crippen LogP contribution in [0.25, 0.3) is 10.9 Å². The van der Waals surface area contributed by atoms with Crippen LogP contribution in [0.15, 0.2) is 72.9 Å². The Balaban J connectivity index is 1.45. The van der Waals surface area contributed by atoms with Gasteiger partial charge in [0.1, 0.15) is 0 Å². The predicted molar refractivity (Wildman–Crippen MR) is 140 cm³/mol. The van der Waals surface area contributed by atoms with Crippen LogP contribution in [0.3, 0.4) is 0 Å². The molecule has 1 aliphatic rings. The SMILES string of the molecule is COc1cccc(C(CNC(C)C(=O)N2CCc3ccccc32)c2c[nH]c3ccccc23)c1OC. The van der Waals surface area contributed by atoms with Gasteiger partial charge in [-0.15, -0.1) is 0 Å². The third-order valence-corrected chi connectivity index (χ3v) is 6.96. The van der Waals surface area contributed by atoms with Crippen molar-refractivity contribution >= 4 is 22.5 Å². The second kappa shape index (κ2) is 9.84. The van der Waals surface area contributed by atoms with E-state index in [1.807, 2.05) is 54.3 Å². The highest BCUT2D eigenvalue weighted by molar-refractivity contribution is 5.98. The lowest BCUT2D eigenvalue weighted by molar-refractivity contribution is -0.120. The van der Waals surface area contributed by atoms with Gasteiger partial charge in [-0.25, -0.2) is 0 Å². The van der Waals surface area contributed by atoms with Crippen molar-refractivity contribution in [1.82, 2.24) is 10.3 Å². The quantitative estimate of drug-likeness (QED) is 0.386. The maximum Gasteiger partial charge on any atom is 0.243 e. The number of carbonyl (C=O) groups is 1. The topological polar surface area (TPSA) is 66.6 Å². The van der Waals surface area contributed by atoms with Crippen LogP contribution in [0.4, 0.5) is 5.69 Å². The first kappa shape index (κ1) is 23.0. The van der Waals surface area contributed by atoms with E-state index in [1.165, 1.54) is 5.56 Å². The first-order chi connectivity index (χ1) is 17.1. The molecule has 0 saturated heterocycles. The van der Waals surface area contributed by atoms with Crippen molar-refractivity contribution in [2.45, 2.75) is 25.3 Å². The second-order valence-electron chi connectivity index (χ2n) is 8.92. The largest absolute Gasteiger partial charge is 0.493 e. The molecular weight excluding hydrogens is 438 g/mol. The van der Waals surface area contributed by atoms with Crippen LogP contribution in [0, 0.1) is 0 Å². The summed E-state index contributed by atoms with van der Waals surface area (Å²) < 4.78 is 11.4. The third kappa shape index (κ3) is 4.26. The first-order valence-corrected chi connectivity index (χ1v) is 12.0.